The fourth-order valence-corrected chi connectivity index (χ4v) is 1.01. The second kappa shape index (κ2) is 3.06. The van der Waals surface area contributed by atoms with Gasteiger partial charge in [0.25, 0.3) is 0 Å². The van der Waals surface area contributed by atoms with Gasteiger partial charge in [-0.3, -0.25) is 10.1 Å². The number of nitrogens with zero attached hydrogens (tertiary/aromatic N) is 1. The van der Waals surface area contributed by atoms with Gasteiger partial charge in [-0.25, -0.2) is 0 Å². The van der Waals surface area contributed by atoms with Crippen LogP contribution in [-0.2, 0) is 0 Å². The van der Waals surface area contributed by atoms with Crippen molar-refractivity contribution in [3.8, 4) is 0 Å². The lowest BCUT2D eigenvalue weighted by atomic mass is 10.3. The molecule has 0 saturated heterocycles. The van der Waals surface area contributed by atoms with Gasteiger partial charge in [-0.2, -0.15) is 4.39 Å². The number of anilines is 1. The number of halogens is 2. The van der Waals surface area contributed by atoms with E-state index in [0.29, 0.717) is 4.47 Å². The van der Waals surface area contributed by atoms with Gasteiger partial charge in [0.05, 0.1) is 10.6 Å². The zero-order chi connectivity index (χ0) is 9.30. The quantitative estimate of drug-likeness (QED) is 0.460. The van der Waals surface area contributed by atoms with E-state index >= 15 is 0 Å². The Morgan fingerprint density at radius 1 is 1.58 bits per heavy atom. The number of hydrogen-bond acceptors (Lipinski definition) is 3. The molecule has 0 amide bonds. The Bertz CT molecular complexity index is 343. The van der Waals surface area contributed by atoms with E-state index < -0.39 is 16.4 Å². The number of nitrogen functional groups attached to an aromatic ring is 1. The van der Waals surface area contributed by atoms with E-state index in [2.05, 4.69) is 15.9 Å². The predicted octanol–water partition coefficient (Wildman–Crippen LogP) is 2.08. The number of nitro groups is 1. The Hall–Kier alpha value is -1.17. The highest BCUT2D eigenvalue weighted by molar-refractivity contribution is 9.10. The van der Waals surface area contributed by atoms with Crippen molar-refractivity contribution in [1.29, 1.82) is 0 Å². The molecule has 0 fully saturated rings. The van der Waals surface area contributed by atoms with Gasteiger partial charge in [-0.05, 0) is 22.0 Å². The monoisotopic (exact) mass is 234 g/mol. The number of hydrogen-bond donors (Lipinski definition) is 1. The van der Waals surface area contributed by atoms with E-state index in [4.69, 9.17) is 5.73 Å². The number of rotatable bonds is 1. The first-order chi connectivity index (χ1) is 5.52. The summed E-state index contributed by atoms with van der Waals surface area (Å²) in [7, 11) is 0. The fourth-order valence-electron chi connectivity index (χ4n) is 0.694. The summed E-state index contributed by atoms with van der Waals surface area (Å²) in [4.78, 5) is 9.36. The van der Waals surface area contributed by atoms with Crippen LogP contribution in [0.4, 0.5) is 15.8 Å². The molecule has 0 aliphatic carbocycles. The Labute approximate surface area is 75.5 Å². The summed E-state index contributed by atoms with van der Waals surface area (Å²) in [5, 5.41) is 10.2. The first-order valence-corrected chi connectivity index (χ1v) is 3.70. The van der Waals surface area contributed by atoms with Gasteiger partial charge in [-0.15, -0.1) is 0 Å². The lowest BCUT2D eigenvalue weighted by molar-refractivity contribution is -0.387. The maximum atomic E-state index is 12.8. The van der Waals surface area contributed by atoms with Gasteiger partial charge in [0.2, 0.25) is 5.82 Å². The maximum absolute atomic E-state index is 12.8. The minimum absolute atomic E-state index is 0.142. The molecule has 0 aliphatic heterocycles. The summed E-state index contributed by atoms with van der Waals surface area (Å²) in [5.74, 6) is -0.902. The highest BCUT2D eigenvalue weighted by Crippen LogP contribution is 2.27. The molecule has 0 unspecified atom stereocenters. The van der Waals surface area contributed by atoms with Crippen molar-refractivity contribution < 1.29 is 9.31 Å². The average molecular weight is 235 g/mol. The number of nitro benzene ring substituents is 1. The van der Waals surface area contributed by atoms with Crippen LogP contribution in [0.15, 0.2) is 16.6 Å². The van der Waals surface area contributed by atoms with Crippen molar-refractivity contribution in [3.63, 3.8) is 0 Å². The molecule has 0 atom stereocenters. The summed E-state index contributed by atoms with van der Waals surface area (Å²) in [6, 6.07) is 1.94. The summed E-state index contributed by atoms with van der Waals surface area (Å²) >= 11 is 2.94. The van der Waals surface area contributed by atoms with Gasteiger partial charge in [-0.1, -0.05) is 0 Å². The van der Waals surface area contributed by atoms with Gasteiger partial charge in [0.15, 0.2) is 0 Å². The zero-order valence-corrected chi connectivity index (χ0v) is 7.34. The molecule has 0 aromatic heterocycles. The van der Waals surface area contributed by atoms with Crippen LogP contribution in [0.3, 0.4) is 0 Å². The van der Waals surface area contributed by atoms with Crippen LogP contribution in [0.5, 0.6) is 0 Å². The minimum Gasteiger partial charge on any atom is -0.398 e. The van der Waals surface area contributed by atoms with Gasteiger partial charge >= 0.3 is 5.69 Å². The lowest BCUT2D eigenvalue weighted by Crippen LogP contribution is -1.95. The highest BCUT2D eigenvalue weighted by Gasteiger charge is 2.15. The third kappa shape index (κ3) is 1.53. The van der Waals surface area contributed by atoms with E-state index in [0.717, 1.165) is 12.1 Å². The molecule has 0 heterocycles. The molecular weight excluding hydrogens is 231 g/mol. The fraction of sp³-hybridized carbons (Fsp3) is 0. The molecule has 64 valence electrons. The van der Waals surface area contributed by atoms with Crippen molar-refractivity contribution >= 4 is 27.3 Å². The van der Waals surface area contributed by atoms with Crippen molar-refractivity contribution in [1.82, 2.24) is 0 Å². The van der Waals surface area contributed by atoms with Crippen LogP contribution in [-0.4, -0.2) is 4.92 Å². The average Bonchev–Trinajstić information content (AvgIpc) is 1.96. The standard InChI is InChI=1S/C6H4BrFN2O2/c7-3-1-4(8)6(10(11)12)2-5(3)9/h1-2H,9H2. The first kappa shape index (κ1) is 8.92. The molecule has 6 heteroatoms. The zero-order valence-electron chi connectivity index (χ0n) is 5.75. The van der Waals surface area contributed by atoms with E-state index in [1.165, 1.54) is 0 Å². The normalized spacial score (nSPS) is 9.83. The van der Waals surface area contributed by atoms with Crippen LogP contribution >= 0.6 is 15.9 Å². The van der Waals surface area contributed by atoms with Crippen LogP contribution in [0.2, 0.25) is 0 Å². The summed E-state index contributed by atoms with van der Waals surface area (Å²) < 4.78 is 13.1. The molecule has 1 aromatic rings. The van der Waals surface area contributed by atoms with Gasteiger partial charge < -0.3 is 5.73 Å². The number of nitrogens with two attached hydrogens (primary N) is 1. The molecule has 1 rings (SSSR count). The third-order valence-electron chi connectivity index (χ3n) is 1.26. The summed E-state index contributed by atoms with van der Waals surface area (Å²) in [5.41, 5.74) is 4.84. The molecule has 4 nitrogen and oxygen atoms in total. The largest absolute Gasteiger partial charge is 0.398 e. The minimum atomic E-state index is -0.902. The molecule has 2 N–H and O–H groups in total. The van der Waals surface area contributed by atoms with Crippen molar-refractivity contribution in [2.75, 3.05) is 5.73 Å². The lowest BCUT2D eigenvalue weighted by Gasteiger charge is -1.98. The Kier molecular flexibility index (Phi) is 2.27. The van der Waals surface area contributed by atoms with E-state index in [9.17, 15) is 14.5 Å². The van der Waals surface area contributed by atoms with E-state index in [1.54, 1.807) is 0 Å². The highest BCUT2D eigenvalue weighted by atomic mass is 79.9. The van der Waals surface area contributed by atoms with Crippen molar-refractivity contribution in [2.24, 2.45) is 0 Å². The van der Waals surface area contributed by atoms with E-state index in [1.807, 2.05) is 0 Å². The first-order valence-electron chi connectivity index (χ1n) is 2.91. The molecule has 0 radical (unpaired) electrons. The SMILES string of the molecule is Nc1cc([N+](=O)[O-])c(F)cc1Br. The van der Waals surface area contributed by atoms with Crippen molar-refractivity contribution in [3.05, 3.63) is 32.5 Å². The molecule has 0 spiro atoms. The molecule has 0 bridgehead atoms. The van der Waals surface area contributed by atoms with E-state index in [-0.39, 0.29) is 5.69 Å². The molecule has 0 saturated carbocycles. The second-order valence-corrected chi connectivity index (χ2v) is 2.94. The Morgan fingerprint density at radius 3 is 2.67 bits per heavy atom. The smallest absolute Gasteiger partial charge is 0.306 e. The molecule has 1 aromatic carbocycles. The van der Waals surface area contributed by atoms with Crippen LogP contribution < -0.4 is 5.73 Å². The molecule has 12 heavy (non-hydrogen) atoms. The Morgan fingerprint density at radius 2 is 2.17 bits per heavy atom. The van der Waals surface area contributed by atoms with Crippen LogP contribution in [0, 0.1) is 15.9 Å². The van der Waals surface area contributed by atoms with Crippen LogP contribution in [0.1, 0.15) is 0 Å². The maximum Gasteiger partial charge on any atom is 0.306 e. The van der Waals surface area contributed by atoms with Gasteiger partial charge in [0, 0.05) is 10.5 Å². The van der Waals surface area contributed by atoms with Crippen LogP contribution in [0.25, 0.3) is 0 Å². The Balaban J connectivity index is 3.33. The topological polar surface area (TPSA) is 69.2 Å². The summed E-state index contributed by atoms with van der Waals surface area (Å²) in [6.45, 7) is 0. The summed E-state index contributed by atoms with van der Waals surface area (Å²) in [6.07, 6.45) is 0. The third-order valence-corrected chi connectivity index (χ3v) is 1.95. The predicted molar refractivity (Wildman–Crippen MR) is 45.2 cm³/mol. The second-order valence-electron chi connectivity index (χ2n) is 2.08. The number of benzene rings is 1. The molecule has 0 aliphatic rings. The van der Waals surface area contributed by atoms with Gasteiger partial charge in [0.1, 0.15) is 0 Å². The molecular formula is C6H4BrFN2O2. The van der Waals surface area contributed by atoms with Crippen molar-refractivity contribution in [2.45, 2.75) is 0 Å².